The minimum Gasteiger partial charge on any atom is -0.478 e. The van der Waals surface area contributed by atoms with Crippen LogP contribution in [0.4, 0.5) is 4.39 Å². The average molecular weight is 347 g/mol. The van der Waals surface area contributed by atoms with E-state index in [0.29, 0.717) is 22.3 Å². The van der Waals surface area contributed by atoms with Crippen molar-refractivity contribution in [2.24, 2.45) is 0 Å². The Labute approximate surface area is 140 Å². The van der Waals surface area contributed by atoms with Crippen LogP contribution >= 0.6 is 11.6 Å². The van der Waals surface area contributed by atoms with E-state index in [-0.39, 0.29) is 16.5 Å². The minimum atomic E-state index is -1.06. The van der Waals surface area contributed by atoms with Crippen molar-refractivity contribution in [2.45, 2.75) is 18.8 Å². The summed E-state index contributed by atoms with van der Waals surface area (Å²) in [6.45, 7) is 0. The van der Waals surface area contributed by atoms with Gasteiger partial charge in [0.25, 0.3) is 5.56 Å². The van der Waals surface area contributed by atoms with E-state index in [1.54, 1.807) is 12.3 Å². The van der Waals surface area contributed by atoms with Crippen LogP contribution in [-0.4, -0.2) is 20.5 Å². The van der Waals surface area contributed by atoms with Crippen LogP contribution in [0.25, 0.3) is 16.8 Å². The second-order valence-electron chi connectivity index (χ2n) is 5.92. The summed E-state index contributed by atoms with van der Waals surface area (Å²) in [5, 5.41) is 9.39. The molecular formula is C17H12ClFN2O3. The van der Waals surface area contributed by atoms with E-state index in [1.165, 1.54) is 22.7 Å². The Morgan fingerprint density at radius 3 is 2.71 bits per heavy atom. The lowest BCUT2D eigenvalue weighted by atomic mass is 10.1. The Kier molecular flexibility index (Phi) is 3.25. The molecule has 1 saturated carbocycles. The Balaban J connectivity index is 1.96. The smallest absolute Gasteiger partial charge is 0.337 e. The molecule has 2 aromatic heterocycles. The largest absolute Gasteiger partial charge is 0.478 e. The molecule has 7 heteroatoms. The lowest BCUT2D eigenvalue weighted by Gasteiger charge is -2.05. The standard InChI is InChI=1S/C17H12ClFN2O3/c18-11-4-3-9(5-12(11)19)13-7-21-6-10(17(23)24)14(8-1-2-8)15(21)16(22)20-13/h3-8H,1-2H2,(H,20,22)(H,23,24). The highest BCUT2D eigenvalue weighted by Crippen LogP contribution is 2.43. The van der Waals surface area contributed by atoms with Crippen LogP contribution in [0.15, 0.2) is 35.4 Å². The number of benzene rings is 1. The second-order valence-corrected chi connectivity index (χ2v) is 6.32. The predicted molar refractivity (Wildman–Crippen MR) is 87.4 cm³/mol. The van der Waals surface area contributed by atoms with Gasteiger partial charge in [0.05, 0.1) is 16.3 Å². The maximum Gasteiger partial charge on any atom is 0.337 e. The van der Waals surface area contributed by atoms with E-state index in [0.717, 1.165) is 12.8 Å². The molecule has 2 heterocycles. The number of H-pyrrole nitrogens is 1. The number of rotatable bonds is 3. The van der Waals surface area contributed by atoms with Gasteiger partial charge in [0, 0.05) is 23.5 Å². The molecule has 1 fully saturated rings. The molecule has 0 bridgehead atoms. The molecule has 1 aromatic carbocycles. The number of nitrogens with zero attached hydrogens (tertiary/aromatic N) is 1. The van der Waals surface area contributed by atoms with E-state index >= 15 is 0 Å². The number of aromatic carboxylic acids is 1. The lowest BCUT2D eigenvalue weighted by molar-refractivity contribution is 0.0696. The Morgan fingerprint density at radius 2 is 2.08 bits per heavy atom. The van der Waals surface area contributed by atoms with E-state index in [1.807, 2.05) is 0 Å². The quantitative estimate of drug-likeness (QED) is 0.760. The molecule has 0 saturated heterocycles. The summed E-state index contributed by atoms with van der Waals surface area (Å²) in [7, 11) is 0. The van der Waals surface area contributed by atoms with Gasteiger partial charge in [-0.3, -0.25) is 4.79 Å². The maximum atomic E-state index is 13.7. The summed E-state index contributed by atoms with van der Waals surface area (Å²) in [6, 6.07) is 4.22. The van der Waals surface area contributed by atoms with Crippen molar-refractivity contribution in [2.75, 3.05) is 0 Å². The molecule has 24 heavy (non-hydrogen) atoms. The van der Waals surface area contributed by atoms with E-state index in [9.17, 15) is 19.1 Å². The first-order valence-corrected chi connectivity index (χ1v) is 7.80. The number of hydrogen-bond donors (Lipinski definition) is 2. The topological polar surface area (TPSA) is 74.6 Å². The Hall–Kier alpha value is -2.60. The zero-order valence-electron chi connectivity index (χ0n) is 12.3. The van der Waals surface area contributed by atoms with Crippen LogP contribution in [0.1, 0.15) is 34.7 Å². The minimum absolute atomic E-state index is 0.00711. The van der Waals surface area contributed by atoms with Crippen molar-refractivity contribution >= 4 is 23.1 Å². The molecule has 0 atom stereocenters. The number of fused-ring (bicyclic) bond motifs is 1. The van der Waals surface area contributed by atoms with Crippen LogP contribution in [0, 0.1) is 5.82 Å². The van der Waals surface area contributed by atoms with Gasteiger partial charge in [-0.1, -0.05) is 17.7 Å². The van der Waals surface area contributed by atoms with Gasteiger partial charge < -0.3 is 14.5 Å². The fourth-order valence-electron chi connectivity index (χ4n) is 3.00. The fourth-order valence-corrected chi connectivity index (χ4v) is 3.12. The first-order chi connectivity index (χ1) is 11.5. The van der Waals surface area contributed by atoms with Crippen LogP contribution in [0.3, 0.4) is 0 Å². The third-order valence-corrected chi connectivity index (χ3v) is 4.56. The van der Waals surface area contributed by atoms with Gasteiger partial charge in [-0.25, -0.2) is 9.18 Å². The zero-order chi connectivity index (χ0) is 17.0. The zero-order valence-corrected chi connectivity index (χ0v) is 13.1. The number of nitrogens with one attached hydrogen (secondary N) is 1. The van der Waals surface area contributed by atoms with E-state index in [2.05, 4.69) is 4.98 Å². The van der Waals surface area contributed by atoms with Crippen LogP contribution in [-0.2, 0) is 0 Å². The van der Waals surface area contributed by atoms with Gasteiger partial charge in [-0.05, 0) is 30.9 Å². The molecule has 5 nitrogen and oxygen atoms in total. The van der Waals surface area contributed by atoms with Gasteiger partial charge >= 0.3 is 5.97 Å². The van der Waals surface area contributed by atoms with Gasteiger partial charge in [0.15, 0.2) is 0 Å². The predicted octanol–water partition coefficient (Wildman–Crippen LogP) is 3.66. The van der Waals surface area contributed by atoms with Crippen molar-refractivity contribution in [1.29, 1.82) is 0 Å². The molecule has 0 spiro atoms. The SMILES string of the molecule is O=C(O)c1cn2cc(-c3ccc(Cl)c(F)c3)[nH]c(=O)c2c1C1CC1. The Bertz CT molecular complexity index is 1050. The molecule has 4 rings (SSSR count). The third kappa shape index (κ3) is 2.30. The van der Waals surface area contributed by atoms with Crippen molar-refractivity contribution in [3.8, 4) is 11.3 Å². The van der Waals surface area contributed by atoms with Crippen LogP contribution in [0.2, 0.25) is 5.02 Å². The lowest BCUT2D eigenvalue weighted by Crippen LogP contribution is -2.12. The molecule has 2 N–H and O–H groups in total. The highest BCUT2D eigenvalue weighted by atomic mass is 35.5. The molecule has 0 unspecified atom stereocenters. The monoisotopic (exact) mass is 346 g/mol. The van der Waals surface area contributed by atoms with Crippen molar-refractivity contribution < 1.29 is 14.3 Å². The first-order valence-electron chi connectivity index (χ1n) is 7.42. The summed E-state index contributed by atoms with van der Waals surface area (Å²) in [6.07, 6.45) is 4.79. The molecule has 0 aliphatic heterocycles. The summed E-state index contributed by atoms with van der Waals surface area (Å²) in [5.74, 6) is -1.53. The molecular weight excluding hydrogens is 335 g/mol. The number of hydrogen-bond acceptors (Lipinski definition) is 2. The average Bonchev–Trinajstić information content (AvgIpc) is 3.29. The molecule has 122 valence electrons. The number of aromatic amines is 1. The number of carbonyl (C=O) groups is 1. The highest BCUT2D eigenvalue weighted by Gasteiger charge is 2.32. The molecule has 0 radical (unpaired) electrons. The van der Waals surface area contributed by atoms with Gasteiger partial charge in [0.1, 0.15) is 11.3 Å². The normalized spacial score (nSPS) is 14.2. The maximum absolute atomic E-state index is 13.7. The Morgan fingerprint density at radius 1 is 1.33 bits per heavy atom. The van der Waals surface area contributed by atoms with Crippen molar-refractivity contribution in [1.82, 2.24) is 9.38 Å². The van der Waals surface area contributed by atoms with Crippen molar-refractivity contribution in [3.05, 3.63) is 62.9 Å². The van der Waals surface area contributed by atoms with E-state index < -0.39 is 17.3 Å². The van der Waals surface area contributed by atoms with Gasteiger partial charge in [-0.2, -0.15) is 0 Å². The van der Waals surface area contributed by atoms with E-state index in [4.69, 9.17) is 11.6 Å². The third-order valence-electron chi connectivity index (χ3n) is 4.25. The number of halogens is 2. The van der Waals surface area contributed by atoms with Crippen LogP contribution < -0.4 is 5.56 Å². The summed E-state index contributed by atoms with van der Waals surface area (Å²) >= 11 is 5.68. The summed E-state index contributed by atoms with van der Waals surface area (Å²) in [4.78, 5) is 26.7. The molecule has 1 aliphatic carbocycles. The second kappa shape index (κ2) is 5.21. The fraction of sp³-hybridized carbons (Fsp3) is 0.176. The first kappa shape index (κ1) is 15.0. The van der Waals surface area contributed by atoms with Gasteiger partial charge in [-0.15, -0.1) is 0 Å². The van der Waals surface area contributed by atoms with Gasteiger partial charge in [0.2, 0.25) is 0 Å². The number of aromatic nitrogens is 2. The van der Waals surface area contributed by atoms with Crippen LogP contribution in [0.5, 0.6) is 0 Å². The summed E-state index contributed by atoms with van der Waals surface area (Å²) in [5.41, 5.74) is 1.51. The number of carboxylic acids is 1. The molecule has 3 aromatic rings. The summed E-state index contributed by atoms with van der Waals surface area (Å²) < 4.78 is 15.2. The van der Waals surface area contributed by atoms with Crippen molar-refractivity contribution in [3.63, 3.8) is 0 Å². The highest BCUT2D eigenvalue weighted by molar-refractivity contribution is 6.30. The molecule has 1 aliphatic rings. The number of carboxylic acid groups (broad SMARTS) is 1. The molecule has 0 amide bonds.